The highest BCUT2D eigenvalue weighted by atomic mass is 35.5. The van der Waals surface area contributed by atoms with Gasteiger partial charge in [-0.1, -0.05) is 17.7 Å². The Kier molecular flexibility index (Phi) is 3.52. The summed E-state index contributed by atoms with van der Waals surface area (Å²) in [5.41, 5.74) is 4.05. The Morgan fingerprint density at radius 1 is 1.48 bits per heavy atom. The average Bonchev–Trinajstić information content (AvgIpc) is 2.48. The highest BCUT2D eigenvalue weighted by Gasteiger charge is 2.31. The van der Waals surface area contributed by atoms with Gasteiger partial charge in [0.1, 0.15) is 5.82 Å². The van der Waals surface area contributed by atoms with E-state index in [0.717, 1.165) is 35.5 Å². The lowest BCUT2D eigenvalue weighted by Crippen LogP contribution is -2.28. The number of nitrogens with one attached hydrogen (secondary N) is 1. The maximum Gasteiger partial charge on any atom is 0.141 e. The van der Waals surface area contributed by atoms with Crippen LogP contribution in [0, 0.1) is 17.1 Å². The molecule has 1 atom stereocenters. The van der Waals surface area contributed by atoms with Gasteiger partial charge in [-0.25, -0.2) is 4.39 Å². The van der Waals surface area contributed by atoms with Gasteiger partial charge >= 0.3 is 0 Å². The van der Waals surface area contributed by atoms with E-state index in [2.05, 4.69) is 16.4 Å². The third-order valence-electron chi connectivity index (χ3n) is 3.79. The van der Waals surface area contributed by atoms with Gasteiger partial charge in [0.15, 0.2) is 0 Å². The van der Waals surface area contributed by atoms with Gasteiger partial charge in [-0.3, -0.25) is 4.99 Å². The first-order valence-corrected chi connectivity index (χ1v) is 7.07. The molecule has 0 bridgehead atoms. The molecule has 0 radical (unpaired) electrons. The molecule has 106 valence electrons. The smallest absolute Gasteiger partial charge is 0.141 e. The minimum Gasteiger partial charge on any atom is -0.390 e. The Labute approximate surface area is 127 Å². The first kappa shape index (κ1) is 13.8. The standard InChI is InChI=1S/C16H13ClFN3/c1-9-11(7-19)16(10-2-3-14(18)13(17)6-10)12-8-20-5-4-15(12)21-9/h2-3,6,8,16,20H,4-5H2,1H3. The molecule has 1 aromatic carbocycles. The number of nitriles is 1. The zero-order valence-corrected chi connectivity index (χ0v) is 12.2. The average molecular weight is 302 g/mol. The zero-order chi connectivity index (χ0) is 15.0. The second-order valence-corrected chi connectivity index (χ2v) is 5.49. The second-order valence-electron chi connectivity index (χ2n) is 5.08. The van der Waals surface area contributed by atoms with Crippen LogP contribution in [0.15, 0.2) is 46.2 Å². The number of benzene rings is 1. The van der Waals surface area contributed by atoms with E-state index in [1.807, 2.05) is 13.1 Å². The van der Waals surface area contributed by atoms with E-state index in [9.17, 15) is 9.65 Å². The van der Waals surface area contributed by atoms with Crippen LogP contribution in [-0.4, -0.2) is 12.3 Å². The van der Waals surface area contributed by atoms with Crippen molar-refractivity contribution < 1.29 is 4.39 Å². The van der Waals surface area contributed by atoms with Gasteiger partial charge in [-0.2, -0.15) is 5.26 Å². The number of hydrogen-bond acceptors (Lipinski definition) is 3. The van der Waals surface area contributed by atoms with Crippen molar-refractivity contribution in [1.82, 2.24) is 5.32 Å². The van der Waals surface area contributed by atoms with E-state index >= 15 is 0 Å². The predicted octanol–water partition coefficient (Wildman–Crippen LogP) is 3.69. The van der Waals surface area contributed by atoms with Crippen molar-refractivity contribution in [2.45, 2.75) is 19.3 Å². The minimum atomic E-state index is -0.458. The molecule has 5 heteroatoms. The number of rotatable bonds is 1. The fraction of sp³-hybridized carbons (Fsp3) is 0.250. The lowest BCUT2D eigenvalue weighted by molar-refractivity contribution is 0.627. The van der Waals surface area contributed by atoms with Crippen LogP contribution in [0.2, 0.25) is 5.02 Å². The zero-order valence-electron chi connectivity index (χ0n) is 11.5. The van der Waals surface area contributed by atoms with Gasteiger partial charge in [0, 0.05) is 36.4 Å². The molecule has 1 unspecified atom stereocenters. The molecule has 2 aliphatic heterocycles. The monoisotopic (exact) mass is 301 g/mol. The van der Waals surface area contributed by atoms with Crippen LogP contribution < -0.4 is 5.32 Å². The molecule has 0 saturated carbocycles. The SMILES string of the molecule is CC1=C(C#N)C(c2ccc(F)c(Cl)c2)C2=CNCCC2=N1. The Balaban J connectivity index is 2.18. The molecule has 2 aliphatic rings. The Morgan fingerprint density at radius 2 is 2.29 bits per heavy atom. The van der Waals surface area contributed by atoms with Crippen LogP contribution in [0.4, 0.5) is 4.39 Å². The van der Waals surface area contributed by atoms with Crippen LogP contribution in [0.3, 0.4) is 0 Å². The number of halogens is 2. The number of allylic oxidation sites excluding steroid dienone is 3. The summed E-state index contributed by atoms with van der Waals surface area (Å²) < 4.78 is 13.4. The molecule has 0 aliphatic carbocycles. The number of nitrogens with zero attached hydrogens (tertiary/aromatic N) is 2. The lowest BCUT2D eigenvalue weighted by atomic mass is 9.79. The summed E-state index contributed by atoms with van der Waals surface area (Å²) in [5.74, 6) is -0.700. The fourth-order valence-electron chi connectivity index (χ4n) is 2.78. The quantitative estimate of drug-likeness (QED) is 0.860. The minimum absolute atomic E-state index is 0.0656. The van der Waals surface area contributed by atoms with Crippen molar-refractivity contribution in [2.24, 2.45) is 4.99 Å². The molecule has 1 aromatic rings. The van der Waals surface area contributed by atoms with Crippen molar-refractivity contribution in [3.05, 3.63) is 57.6 Å². The van der Waals surface area contributed by atoms with Crippen molar-refractivity contribution in [1.29, 1.82) is 5.26 Å². The molecule has 3 rings (SSSR count). The van der Waals surface area contributed by atoms with Gasteiger partial charge < -0.3 is 5.32 Å². The van der Waals surface area contributed by atoms with Gasteiger partial charge in [0.25, 0.3) is 0 Å². The summed E-state index contributed by atoms with van der Waals surface area (Å²) >= 11 is 5.90. The summed E-state index contributed by atoms with van der Waals surface area (Å²) in [6.45, 7) is 2.66. The molecular formula is C16H13ClFN3. The molecule has 0 aromatic heterocycles. The number of aliphatic imine (C=N–C) groups is 1. The van der Waals surface area contributed by atoms with Crippen molar-refractivity contribution in [3.8, 4) is 6.07 Å². The maximum atomic E-state index is 13.4. The first-order valence-electron chi connectivity index (χ1n) is 6.69. The van der Waals surface area contributed by atoms with Gasteiger partial charge in [0.2, 0.25) is 0 Å². The van der Waals surface area contributed by atoms with E-state index < -0.39 is 5.82 Å². The summed E-state index contributed by atoms with van der Waals surface area (Å²) in [7, 11) is 0. The lowest BCUT2D eigenvalue weighted by Gasteiger charge is -2.29. The van der Waals surface area contributed by atoms with Crippen LogP contribution >= 0.6 is 11.6 Å². The van der Waals surface area contributed by atoms with Crippen molar-refractivity contribution >= 4 is 17.3 Å². The van der Waals surface area contributed by atoms with Gasteiger partial charge in [0.05, 0.1) is 22.4 Å². The molecule has 0 saturated heterocycles. The number of hydrogen-bond donors (Lipinski definition) is 1. The van der Waals surface area contributed by atoms with E-state index in [1.165, 1.54) is 6.07 Å². The van der Waals surface area contributed by atoms with Crippen LogP contribution in [0.25, 0.3) is 0 Å². The topological polar surface area (TPSA) is 48.2 Å². The van der Waals surface area contributed by atoms with E-state index in [1.54, 1.807) is 12.1 Å². The summed E-state index contributed by atoms with van der Waals surface area (Å²) in [4.78, 5) is 4.53. The molecule has 3 nitrogen and oxygen atoms in total. The molecular weight excluding hydrogens is 289 g/mol. The van der Waals surface area contributed by atoms with Crippen molar-refractivity contribution in [2.75, 3.05) is 6.54 Å². The molecule has 0 fully saturated rings. The van der Waals surface area contributed by atoms with E-state index in [4.69, 9.17) is 11.6 Å². The fourth-order valence-corrected chi connectivity index (χ4v) is 2.97. The molecule has 1 N–H and O–H groups in total. The number of fused-ring (bicyclic) bond motifs is 1. The maximum absolute atomic E-state index is 13.4. The van der Waals surface area contributed by atoms with Gasteiger partial charge in [-0.05, 0) is 24.6 Å². The molecule has 2 heterocycles. The molecule has 0 spiro atoms. The normalized spacial score (nSPS) is 21.0. The Morgan fingerprint density at radius 3 is 3.00 bits per heavy atom. The summed E-state index contributed by atoms with van der Waals surface area (Å²) in [5, 5.41) is 12.7. The van der Waals surface area contributed by atoms with Gasteiger partial charge in [-0.15, -0.1) is 0 Å². The Bertz CT molecular complexity index is 740. The summed E-state index contributed by atoms with van der Waals surface area (Å²) in [6, 6.07) is 6.84. The Hall–Kier alpha value is -2.12. The van der Waals surface area contributed by atoms with Crippen LogP contribution in [0.5, 0.6) is 0 Å². The molecule has 21 heavy (non-hydrogen) atoms. The molecule has 0 amide bonds. The third kappa shape index (κ3) is 2.34. The highest BCUT2D eigenvalue weighted by Crippen LogP contribution is 2.40. The first-order chi connectivity index (χ1) is 10.1. The van der Waals surface area contributed by atoms with Crippen LogP contribution in [0.1, 0.15) is 24.8 Å². The predicted molar refractivity (Wildman–Crippen MR) is 80.6 cm³/mol. The largest absolute Gasteiger partial charge is 0.390 e. The summed E-state index contributed by atoms with van der Waals surface area (Å²) in [6.07, 6.45) is 2.71. The van der Waals surface area contributed by atoms with Crippen LogP contribution in [-0.2, 0) is 0 Å². The highest BCUT2D eigenvalue weighted by molar-refractivity contribution is 6.30. The third-order valence-corrected chi connectivity index (χ3v) is 4.08. The second kappa shape index (κ2) is 5.34. The van der Waals surface area contributed by atoms with E-state index in [0.29, 0.717) is 5.57 Å². The van der Waals surface area contributed by atoms with Crippen molar-refractivity contribution in [3.63, 3.8) is 0 Å². The van der Waals surface area contributed by atoms with E-state index in [-0.39, 0.29) is 10.9 Å².